The van der Waals surface area contributed by atoms with Crippen LogP contribution < -0.4 is 5.32 Å². The summed E-state index contributed by atoms with van der Waals surface area (Å²) in [5.74, 6) is -0.252. The lowest BCUT2D eigenvalue weighted by atomic mass is 10.1. The zero-order valence-electron chi connectivity index (χ0n) is 10.6. The van der Waals surface area contributed by atoms with Crippen molar-refractivity contribution >= 4 is 32.4 Å². The van der Waals surface area contributed by atoms with E-state index in [4.69, 9.17) is 0 Å². The second-order valence-corrected chi connectivity index (χ2v) is 5.45. The number of aromatic nitrogens is 1. The van der Waals surface area contributed by atoms with Crippen LogP contribution in [0.25, 0.3) is 10.8 Å². The van der Waals surface area contributed by atoms with Crippen LogP contribution in [-0.2, 0) is 6.54 Å². The molecule has 3 rings (SSSR count). The zero-order chi connectivity index (χ0) is 13.9. The van der Waals surface area contributed by atoms with E-state index in [9.17, 15) is 4.39 Å². The molecule has 20 heavy (non-hydrogen) atoms. The van der Waals surface area contributed by atoms with Crippen molar-refractivity contribution in [3.05, 3.63) is 70.7 Å². The Morgan fingerprint density at radius 3 is 2.85 bits per heavy atom. The van der Waals surface area contributed by atoms with Gasteiger partial charge >= 0.3 is 0 Å². The molecule has 2 nitrogen and oxygen atoms in total. The summed E-state index contributed by atoms with van der Waals surface area (Å²) in [5.41, 5.74) is 1.59. The fourth-order valence-corrected chi connectivity index (χ4v) is 2.43. The first-order valence-electron chi connectivity index (χ1n) is 6.24. The summed E-state index contributed by atoms with van der Waals surface area (Å²) in [5, 5.41) is 5.35. The molecule has 0 radical (unpaired) electrons. The minimum absolute atomic E-state index is 0.252. The van der Waals surface area contributed by atoms with Crippen LogP contribution >= 0.6 is 15.9 Å². The van der Waals surface area contributed by atoms with Crippen molar-refractivity contribution in [3.63, 3.8) is 0 Å². The van der Waals surface area contributed by atoms with Gasteiger partial charge in [0, 0.05) is 28.8 Å². The third kappa shape index (κ3) is 2.80. The number of hydrogen-bond acceptors (Lipinski definition) is 2. The number of halogens is 2. The van der Waals surface area contributed by atoms with Gasteiger partial charge in [-0.25, -0.2) is 4.39 Å². The molecule has 100 valence electrons. The molecule has 3 aromatic rings. The van der Waals surface area contributed by atoms with Gasteiger partial charge in [-0.15, -0.1) is 0 Å². The lowest BCUT2D eigenvalue weighted by Gasteiger charge is -2.09. The molecule has 2 aromatic carbocycles. The monoisotopic (exact) mass is 330 g/mol. The first kappa shape index (κ1) is 13.1. The van der Waals surface area contributed by atoms with Crippen molar-refractivity contribution in [1.29, 1.82) is 0 Å². The fraction of sp³-hybridized carbons (Fsp3) is 0.0625. The Morgan fingerprint density at radius 2 is 1.95 bits per heavy atom. The van der Waals surface area contributed by atoms with Gasteiger partial charge in [0.25, 0.3) is 0 Å². The number of anilines is 1. The molecular weight excluding hydrogens is 319 g/mol. The molecular formula is C16H12BrFN2. The van der Waals surface area contributed by atoms with Crippen molar-refractivity contribution in [1.82, 2.24) is 4.98 Å². The first-order valence-corrected chi connectivity index (χ1v) is 7.03. The van der Waals surface area contributed by atoms with Crippen LogP contribution in [0.15, 0.2) is 59.3 Å². The Hall–Kier alpha value is -1.94. The molecule has 0 fully saturated rings. The van der Waals surface area contributed by atoms with Gasteiger partial charge in [-0.1, -0.05) is 28.1 Å². The van der Waals surface area contributed by atoms with Crippen LogP contribution in [0.2, 0.25) is 0 Å². The van der Waals surface area contributed by atoms with Crippen LogP contribution in [-0.4, -0.2) is 4.98 Å². The van der Waals surface area contributed by atoms with Crippen LogP contribution in [0.3, 0.4) is 0 Å². The third-order valence-electron chi connectivity index (χ3n) is 3.12. The molecule has 1 aromatic heterocycles. The zero-order valence-corrected chi connectivity index (χ0v) is 12.2. The molecule has 0 saturated heterocycles. The number of benzene rings is 2. The van der Waals surface area contributed by atoms with Gasteiger partial charge in [0.1, 0.15) is 5.82 Å². The summed E-state index contributed by atoms with van der Waals surface area (Å²) >= 11 is 3.34. The number of nitrogens with zero attached hydrogens (tertiary/aromatic N) is 1. The quantitative estimate of drug-likeness (QED) is 0.749. The number of hydrogen-bond donors (Lipinski definition) is 1. The largest absolute Gasteiger partial charge is 0.379 e. The van der Waals surface area contributed by atoms with Crippen LogP contribution in [0.1, 0.15) is 5.56 Å². The molecule has 1 heterocycles. The number of nitrogens with one attached hydrogen (secondary N) is 1. The van der Waals surface area contributed by atoms with Crippen LogP contribution in [0.4, 0.5) is 10.1 Å². The van der Waals surface area contributed by atoms with E-state index in [2.05, 4.69) is 32.3 Å². The molecule has 0 aliphatic rings. The fourth-order valence-electron chi connectivity index (χ4n) is 2.07. The van der Waals surface area contributed by atoms with Gasteiger partial charge in [0.05, 0.1) is 5.69 Å². The Balaban J connectivity index is 1.81. The minimum Gasteiger partial charge on any atom is -0.379 e. The van der Waals surface area contributed by atoms with Crippen molar-refractivity contribution in [3.8, 4) is 0 Å². The maximum atomic E-state index is 13.6. The minimum atomic E-state index is -0.252. The highest BCUT2D eigenvalue weighted by Gasteiger charge is 2.03. The van der Waals surface area contributed by atoms with Gasteiger partial charge in [-0.3, -0.25) is 4.98 Å². The highest BCUT2D eigenvalue weighted by Crippen LogP contribution is 2.21. The second kappa shape index (κ2) is 5.59. The molecule has 0 unspecified atom stereocenters. The normalized spacial score (nSPS) is 10.7. The van der Waals surface area contributed by atoms with Gasteiger partial charge in [0.2, 0.25) is 0 Å². The summed E-state index contributed by atoms with van der Waals surface area (Å²) < 4.78 is 14.5. The Kier molecular flexibility index (Phi) is 3.65. The maximum Gasteiger partial charge on any atom is 0.146 e. The molecule has 0 aliphatic heterocycles. The van der Waals surface area contributed by atoms with Gasteiger partial charge < -0.3 is 5.32 Å². The van der Waals surface area contributed by atoms with Crippen molar-refractivity contribution in [2.24, 2.45) is 0 Å². The highest BCUT2D eigenvalue weighted by molar-refractivity contribution is 9.10. The summed E-state index contributed by atoms with van der Waals surface area (Å²) in [4.78, 5) is 4.09. The summed E-state index contributed by atoms with van der Waals surface area (Å²) in [6.07, 6.45) is 3.61. The van der Waals surface area contributed by atoms with E-state index < -0.39 is 0 Å². The van der Waals surface area contributed by atoms with Crippen molar-refractivity contribution in [2.75, 3.05) is 5.32 Å². The Labute approximate surface area is 124 Å². The number of fused-ring (bicyclic) bond motifs is 1. The summed E-state index contributed by atoms with van der Waals surface area (Å²) in [6.45, 7) is 0.575. The molecule has 1 N–H and O–H groups in total. The Bertz CT molecular complexity index is 758. The molecule has 0 bridgehead atoms. The predicted molar refractivity (Wildman–Crippen MR) is 83.2 cm³/mol. The van der Waals surface area contributed by atoms with Crippen molar-refractivity contribution in [2.45, 2.75) is 6.54 Å². The molecule has 0 saturated carbocycles. The topological polar surface area (TPSA) is 24.9 Å². The molecule has 0 atom stereocenters. The second-order valence-electron chi connectivity index (χ2n) is 4.53. The Morgan fingerprint density at radius 1 is 1.05 bits per heavy atom. The standard InChI is InChI=1S/C16H12BrFN2/c17-14-3-4-15(18)16(8-14)20-9-11-1-2-13-10-19-6-5-12(13)7-11/h1-8,10,20H,9H2. The van der Waals surface area contributed by atoms with E-state index in [1.807, 2.05) is 24.4 Å². The number of rotatable bonds is 3. The highest BCUT2D eigenvalue weighted by atomic mass is 79.9. The third-order valence-corrected chi connectivity index (χ3v) is 3.61. The van der Waals surface area contributed by atoms with Gasteiger partial charge in [-0.05, 0) is 41.3 Å². The molecule has 0 aliphatic carbocycles. The lowest BCUT2D eigenvalue weighted by molar-refractivity contribution is 0.630. The first-order chi connectivity index (χ1) is 9.72. The summed E-state index contributed by atoms with van der Waals surface area (Å²) in [6, 6.07) is 13.0. The van der Waals surface area contributed by atoms with Gasteiger partial charge in [-0.2, -0.15) is 0 Å². The van der Waals surface area contributed by atoms with Crippen LogP contribution in [0, 0.1) is 5.82 Å². The number of pyridine rings is 1. The van der Waals surface area contributed by atoms with E-state index >= 15 is 0 Å². The average molecular weight is 331 g/mol. The smallest absolute Gasteiger partial charge is 0.146 e. The van der Waals surface area contributed by atoms with Gasteiger partial charge in [0.15, 0.2) is 0 Å². The molecule has 4 heteroatoms. The summed E-state index contributed by atoms with van der Waals surface area (Å²) in [7, 11) is 0. The van der Waals surface area contributed by atoms with E-state index in [-0.39, 0.29) is 5.82 Å². The SMILES string of the molecule is Fc1ccc(Br)cc1NCc1ccc2cnccc2c1. The molecule has 0 amide bonds. The van der Waals surface area contributed by atoms with E-state index in [0.717, 1.165) is 20.8 Å². The molecule has 0 spiro atoms. The lowest BCUT2D eigenvalue weighted by Crippen LogP contribution is -2.01. The van der Waals surface area contributed by atoms with E-state index in [1.54, 1.807) is 18.3 Å². The maximum absolute atomic E-state index is 13.6. The van der Waals surface area contributed by atoms with Crippen molar-refractivity contribution < 1.29 is 4.39 Å². The van der Waals surface area contributed by atoms with E-state index in [1.165, 1.54) is 6.07 Å². The van der Waals surface area contributed by atoms with Crippen LogP contribution in [0.5, 0.6) is 0 Å². The average Bonchev–Trinajstić information content (AvgIpc) is 2.48. The van der Waals surface area contributed by atoms with E-state index in [0.29, 0.717) is 12.2 Å². The predicted octanol–water partition coefficient (Wildman–Crippen LogP) is 4.75.